The molecular weight excluding hydrogens is 333 g/mol. The van der Waals surface area contributed by atoms with Crippen LogP contribution in [0.2, 0.25) is 0 Å². The summed E-state index contributed by atoms with van der Waals surface area (Å²) in [6, 6.07) is 4.73. The van der Waals surface area contributed by atoms with Crippen LogP contribution in [-0.4, -0.2) is 52.8 Å². The first-order valence-corrected chi connectivity index (χ1v) is 8.07. The molecule has 0 unspecified atom stereocenters. The van der Waals surface area contributed by atoms with Gasteiger partial charge in [-0.15, -0.1) is 5.10 Å². The third-order valence-electron chi connectivity index (χ3n) is 4.16. The number of rotatable bonds is 4. The number of likely N-dealkylation sites (N-methyl/N-ethyl adjacent to an activating group) is 1. The van der Waals surface area contributed by atoms with Crippen molar-refractivity contribution in [1.29, 1.82) is 0 Å². The zero-order chi connectivity index (χ0) is 17.9. The van der Waals surface area contributed by atoms with Crippen LogP contribution in [0, 0.1) is 0 Å². The normalized spacial score (nSPS) is 16.1. The molecule has 3 rings (SSSR count). The predicted molar refractivity (Wildman–Crippen MR) is 88.9 cm³/mol. The maximum Gasteiger partial charge on any atom is 0.416 e. The lowest BCUT2D eigenvalue weighted by Crippen LogP contribution is -2.46. The molecule has 0 bridgehead atoms. The molecule has 1 aliphatic heterocycles. The lowest BCUT2D eigenvalue weighted by Gasteiger charge is -2.34. The van der Waals surface area contributed by atoms with Gasteiger partial charge in [0.15, 0.2) is 5.82 Å². The van der Waals surface area contributed by atoms with Gasteiger partial charge < -0.3 is 15.1 Å². The van der Waals surface area contributed by atoms with Crippen molar-refractivity contribution in [3.8, 4) is 0 Å². The minimum atomic E-state index is -4.35. The largest absolute Gasteiger partial charge is 0.416 e. The van der Waals surface area contributed by atoms with Gasteiger partial charge in [-0.1, -0.05) is 6.92 Å². The minimum absolute atomic E-state index is 0.259. The number of hydrogen-bond donors (Lipinski definition) is 1. The zero-order valence-corrected chi connectivity index (χ0v) is 13.8. The van der Waals surface area contributed by atoms with E-state index < -0.39 is 11.7 Å². The number of nitrogens with one attached hydrogen (secondary N) is 1. The summed E-state index contributed by atoms with van der Waals surface area (Å²) in [4.78, 5) is 8.89. The highest BCUT2D eigenvalue weighted by atomic mass is 19.4. The van der Waals surface area contributed by atoms with Crippen molar-refractivity contribution in [3.05, 3.63) is 36.0 Å². The van der Waals surface area contributed by atoms with Gasteiger partial charge in [-0.05, 0) is 30.8 Å². The first-order valence-electron chi connectivity index (χ1n) is 8.07. The number of benzene rings is 1. The molecule has 1 N–H and O–H groups in total. The smallest absolute Gasteiger partial charge is 0.353 e. The fourth-order valence-corrected chi connectivity index (χ4v) is 2.67. The Balaban J connectivity index is 1.68. The third-order valence-corrected chi connectivity index (χ3v) is 4.16. The van der Waals surface area contributed by atoms with Crippen LogP contribution in [0.15, 0.2) is 30.5 Å². The second kappa shape index (κ2) is 7.22. The molecule has 1 fully saturated rings. The number of aromatic nitrogens is 3. The summed E-state index contributed by atoms with van der Waals surface area (Å²) in [5.74, 6) is 0.968. The molecule has 25 heavy (non-hydrogen) atoms. The number of alkyl halides is 3. The topological polar surface area (TPSA) is 57.2 Å². The van der Waals surface area contributed by atoms with Crippen molar-refractivity contribution in [2.75, 3.05) is 42.9 Å². The zero-order valence-electron chi connectivity index (χ0n) is 13.8. The Labute approximate surface area is 143 Å². The molecule has 1 aliphatic rings. The van der Waals surface area contributed by atoms with Crippen molar-refractivity contribution >= 4 is 17.5 Å². The molecule has 0 aliphatic carbocycles. The number of piperazine rings is 1. The average molecular weight is 352 g/mol. The Kier molecular flexibility index (Phi) is 5.03. The monoisotopic (exact) mass is 352 g/mol. The third kappa shape index (κ3) is 4.36. The molecule has 1 saturated heterocycles. The maximum atomic E-state index is 12.6. The summed E-state index contributed by atoms with van der Waals surface area (Å²) in [5, 5.41) is 10.7. The van der Waals surface area contributed by atoms with Crippen LogP contribution in [0.25, 0.3) is 0 Å². The van der Waals surface area contributed by atoms with Gasteiger partial charge >= 0.3 is 6.18 Å². The van der Waals surface area contributed by atoms with Gasteiger partial charge in [0.2, 0.25) is 5.95 Å². The van der Waals surface area contributed by atoms with E-state index >= 15 is 0 Å². The highest BCUT2D eigenvalue weighted by Crippen LogP contribution is 2.30. The number of hydrogen-bond acceptors (Lipinski definition) is 6. The summed E-state index contributed by atoms with van der Waals surface area (Å²) in [6.45, 7) is 6.79. The molecule has 9 heteroatoms. The van der Waals surface area contributed by atoms with Crippen LogP contribution in [0.5, 0.6) is 0 Å². The number of nitrogens with zero attached hydrogens (tertiary/aromatic N) is 5. The minimum Gasteiger partial charge on any atom is -0.353 e. The van der Waals surface area contributed by atoms with Crippen LogP contribution in [0.3, 0.4) is 0 Å². The Morgan fingerprint density at radius 1 is 1.08 bits per heavy atom. The molecule has 6 nitrogen and oxygen atoms in total. The molecule has 0 amide bonds. The van der Waals surface area contributed by atoms with Crippen LogP contribution in [0.4, 0.5) is 30.6 Å². The van der Waals surface area contributed by atoms with Crippen molar-refractivity contribution in [3.63, 3.8) is 0 Å². The number of halogens is 3. The van der Waals surface area contributed by atoms with Gasteiger partial charge in [-0.25, -0.2) is 0 Å². The second-order valence-corrected chi connectivity index (χ2v) is 5.76. The van der Waals surface area contributed by atoms with Crippen LogP contribution >= 0.6 is 0 Å². The Hall–Kier alpha value is -2.42. The molecule has 2 heterocycles. The molecule has 0 atom stereocenters. The summed E-state index contributed by atoms with van der Waals surface area (Å²) < 4.78 is 37.8. The lowest BCUT2D eigenvalue weighted by atomic mass is 10.2. The first kappa shape index (κ1) is 17.4. The van der Waals surface area contributed by atoms with Crippen LogP contribution in [0.1, 0.15) is 12.5 Å². The fourth-order valence-electron chi connectivity index (χ4n) is 2.67. The summed E-state index contributed by atoms with van der Waals surface area (Å²) >= 11 is 0. The van der Waals surface area contributed by atoms with E-state index in [1.165, 1.54) is 12.1 Å². The van der Waals surface area contributed by atoms with E-state index in [4.69, 9.17) is 0 Å². The summed E-state index contributed by atoms with van der Waals surface area (Å²) in [6.07, 6.45) is -2.75. The SMILES string of the molecule is CCN1CCN(c2cnnc(Nc3ccc(C(F)(F)F)cc3)n2)CC1. The summed E-state index contributed by atoms with van der Waals surface area (Å²) in [7, 11) is 0. The predicted octanol–water partition coefficient (Wildman–Crippen LogP) is 2.78. The molecule has 1 aromatic carbocycles. The van der Waals surface area contributed by atoms with E-state index in [1.807, 2.05) is 0 Å². The second-order valence-electron chi connectivity index (χ2n) is 5.76. The fraction of sp³-hybridized carbons (Fsp3) is 0.438. The highest BCUT2D eigenvalue weighted by molar-refractivity contribution is 5.55. The van der Waals surface area contributed by atoms with Crippen LogP contribution < -0.4 is 10.2 Å². The molecule has 0 spiro atoms. The van der Waals surface area contributed by atoms with Crippen molar-refractivity contribution < 1.29 is 13.2 Å². The van der Waals surface area contributed by atoms with Gasteiger partial charge in [0.25, 0.3) is 0 Å². The van der Waals surface area contributed by atoms with E-state index in [0.29, 0.717) is 11.5 Å². The van der Waals surface area contributed by atoms with Gasteiger partial charge in [0.1, 0.15) is 0 Å². The Morgan fingerprint density at radius 2 is 1.76 bits per heavy atom. The average Bonchev–Trinajstić information content (AvgIpc) is 2.62. The van der Waals surface area contributed by atoms with Gasteiger partial charge in [0.05, 0.1) is 11.8 Å². The first-order chi connectivity index (χ1) is 12.0. The standard InChI is InChI=1S/C16H19F3N6/c1-2-24-7-9-25(10-8-24)14-11-20-23-15(22-14)21-13-5-3-12(4-6-13)16(17,18)19/h3-6,11H,2,7-10H2,1H3,(H,21,22,23). The van der Waals surface area contributed by atoms with E-state index in [1.54, 1.807) is 6.20 Å². The Morgan fingerprint density at radius 3 is 2.36 bits per heavy atom. The molecule has 2 aromatic rings. The lowest BCUT2D eigenvalue weighted by molar-refractivity contribution is -0.137. The van der Waals surface area contributed by atoms with Crippen molar-refractivity contribution in [2.45, 2.75) is 13.1 Å². The van der Waals surface area contributed by atoms with E-state index in [9.17, 15) is 13.2 Å². The van der Waals surface area contributed by atoms with Gasteiger partial charge in [0, 0.05) is 31.9 Å². The molecule has 134 valence electrons. The highest BCUT2D eigenvalue weighted by Gasteiger charge is 2.30. The molecular formula is C16H19F3N6. The molecule has 0 radical (unpaired) electrons. The molecule has 1 aromatic heterocycles. The summed E-state index contributed by atoms with van der Waals surface area (Å²) in [5.41, 5.74) is -0.220. The van der Waals surface area contributed by atoms with E-state index in [-0.39, 0.29) is 5.95 Å². The van der Waals surface area contributed by atoms with Gasteiger partial charge in [-0.2, -0.15) is 23.3 Å². The quantitative estimate of drug-likeness (QED) is 0.913. The molecule has 0 saturated carbocycles. The maximum absolute atomic E-state index is 12.6. The van der Waals surface area contributed by atoms with Crippen molar-refractivity contribution in [1.82, 2.24) is 20.1 Å². The number of anilines is 3. The Bertz CT molecular complexity index is 696. The van der Waals surface area contributed by atoms with Crippen LogP contribution in [-0.2, 0) is 6.18 Å². The van der Waals surface area contributed by atoms with Gasteiger partial charge in [-0.3, -0.25) is 0 Å². The van der Waals surface area contributed by atoms with E-state index in [2.05, 4.69) is 37.2 Å². The van der Waals surface area contributed by atoms with E-state index in [0.717, 1.165) is 44.9 Å². The van der Waals surface area contributed by atoms with Crippen molar-refractivity contribution in [2.24, 2.45) is 0 Å².